The van der Waals surface area contributed by atoms with Crippen molar-refractivity contribution in [1.82, 2.24) is 23.8 Å². The molecule has 1 N–H and O–H groups in total. The summed E-state index contributed by atoms with van der Waals surface area (Å²) in [5, 5.41) is 5.72. The molecular formula is C25H31N5O5S. The third-order valence-electron chi connectivity index (χ3n) is 6.87. The standard InChI is InChI=1S/C25H31N5O5S/c1-29(2)36(32,33)28-25(31)20-15-21(35-16-17-11-13-34-14-12-17)22-23(18-7-6-8-18)27-30(24(22)26-20)19-9-4-3-5-10-19/h3-5,9-10,15,17-18H,6-8,11-14,16H2,1-2H3,(H,28,31). The summed E-state index contributed by atoms with van der Waals surface area (Å²) in [7, 11) is -1.29. The van der Waals surface area contributed by atoms with Crippen LogP contribution in [0.15, 0.2) is 36.4 Å². The van der Waals surface area contributed by atoms with Crippen LogP contribution in [-0.2, 0) is 14.9 Å². The van der Waals surface area contributed by atoms with Crippen molar-refractivity contribution in [3.8, 4) is 11.4 Å². The van der Waals surface area contributed by atoms with Crippen LogP contribution < -0.4 is 9.46 Å². The van der Waals surface area contributed by atoms with Gasteiger partial charge in [0, 0.05) is 39.3 Å². The minimum Gasteiger partial charge on any atom is -0.492 e. The zero-order chi connectivity index (χ0) is 25.3. The van der Waals surface area contributed by atoms with Gasteiger partial charge >= 0.3 is 10.2 Å². The van der Waals surface area contributed by atoms with Crippen LogP contribution in [0.1, 0.15) is 54.2 Å². The van der Waals surface area contributed by atoms with E-state index in [1.54, 1.807) is 10.7 Å². The van der Waals surface area contributed by atoms with Gasteiger partial charge in [-0.15, -0.1) is 0 Å². The number of carbonyl (C=O) groups is 1. The number of nitrogens with zero attached hydrogens (tertiary/aromatic N) is 4. The fraction of sp³-hybridized carbons (Fsp3) is 0.480. The summed E-state index contributed by atoms with van der Waals surface area (Å²) < 4.78 is 41.2. The third kappa shape index (κ3) is 4.95. The van der Waals surface area contributed by atoms with Crippen molar-refractivity contribution in [2.45, 2.75) is 38.0 Å². The number of aromatic nitrogens is 3. The molecule has 1 aromatic carbocycles. The number of amides is 1. The number of carbonyl (C=O) groups excluding carboxylic acids is 1. The predicted molar refractivity (Wildman–Crippen MR) is 135 cm³/mol. The van der Waals surface area contributed by atoms with Gasteiger partial charge in [-0.25, -0.2) is 14.4 Å². The molecule has 0 spiro atoms. The third-order valence-corrected chi connectivity index (χ3v) is 8.28. The van der Waals surface area contributed by atoms with E-state index in [4.69, 9.17) is 14.6 Å². The maximum atomic E-state index is 13.0. The van der Waals surface area contributed by atoms with Gasteiger partial charge in [0.15, 0.2) is 5.65 Å². The molecule has 2 aliphatic rings. The van der Waals surface area contributed by atoms with Crippen LogP contribution in [-0.4, -0.2) is 67.3 Å². The van der Waals surface area contributed by atoms with E-state index in [1.807, 2.05) is 30.3 Å². The molecule has 2 aromatic heterocycles. The van der Waals surface area contributed by atoms with E-state index in [0.717, 1.165) is 53.2 Å². The van der Waals surface area contributed by atoms with E-state index in [0.29, 0.717) is 43.1 Å². The fourth-order valence-electron chi connectivity index (χ4n) is 4.44. The first kappa shape index (κ1) is 24.7. The van der Waals surface area contributed by atoms with Crippen molar-refractivity contribution < 1.29 is 22.7 Å². The summed E-state index contributed by atoms with van der Waals surface area (Å²) in [5.41, 5.74) is 2.13. The minimum atomic E-state index is -3.99. The lowest BCUT2D eigenvalue weighted by molar-refractivity contribution is 0.0499. The van der Waals surface area contributed by atoms with Crippen LogP contribution in [0, 0.1) is 5.92 Å². The van der Waals surface area contributed by atoms with Crippen molar-refractivity contribution >= 4 is 27.1 Å². The van der Waals surface area contributed by atoms with Gasteiger partial charge in [0.1, 0.15) is 11.4 Å². The Kier molecular flexibility index (Phi) is 6.96. The highest BCUT2D eigenvalue weighted by Gasteiger charge is 2.30. The lowest BCUT2D eigenvalue weighted by Gasteiger charge is -2.25. The van der Waals surface area contributed by atoms with E-state index in [2.05, 4.69) is 9.71 Å². The highest BCUT2D eigenvalue weighted by Crippen LogP contribution is 2.42. The van der Waals surface area contributed by atoms with Gasteiger partial charge in [-0.3, -0.25) is 4.79 Å². The average molecular weight is 514 g/mol. The topological polar surface area (TPSA) is 116 Å². The molecule has 0 unspecified atom stereocenters. The first-order chi connectivity index (χ1) is 17.3. The lowest BCUT2D eigenvalue weighted by atomic mass is 9.82. The highest BCUT2D eigenvalue weighted by atomic mass is 32.2. The molecule has 5 rings (SSSR count). The maximum absolute atomic E-state index is 13.0. The van der Waals surface area contributed by atoms with Gasteiger partial charge in [0.2, 0.25) is 0 Å². The van der Waals surface area contributed by atoms with Gasteiger partial charge in [-0.1, -0.05) is 24.6 Å². The molecule has 1 amide bonds. The van der Waals surface area contributed by atoms with E-state index < -0.39 is 16.1 Å². The molecular weight excluding hydrogens is 482 g/mol. The van der Waals surface area contributed by atoms with E-state index in [9.17, 15) is 13.2 Å². The summed E-state index contributed by atoms with van der Waals surface area (Å²) in [4.78, 5) is 17.7. The Morgan fingerprint density at radius 1 is 1.17 bits per heavy atom. The number of pyridine rings is 1. The van der Waals surface area contributed by atoms with Gasteiger partial charge in [-0.05, 0) is 43.7 Å². The number of nitrogens with one attached hydrogen (secondary N) is 1. The van der Waals surface area contributed by atoms with E-state index in [1.165, 1.54) is 14.1 Å². The Hall–Kier alpha value is -3.02. The molecule has 192 valence electrons. The monoisotopic (exact) mass is 513 g/mol. The van der Waals surface area contributed by atoms with Crippen LogP contribution in [0.2, 0.25) is 0 Å². The predicted octanol–water partition coefficient (Wildman–Crippen LogP) is 3.03. The summed E-state index contributed by atoms with van der Waals surface area (Å²) in [6, 6.07) is 11.1. The Balaban J connectivity index is 1.62. The molecule has 3 aromatic rings. The normalized spacial score (nSPS) is 17.3. The van der Waals surface area contributed by atoms with Crippen LogP contribution >= 0.6 is 0 Å². The molecule has 36 heavy (non-hydrogen) atoms. The smallest absolute Gasteiger partial charge is 0.303 e. The van der Waals surface area contributed by atoms with Crippen LogP contribution in [0.25, 0.3) is 16.7 Å². The second-order valence-corrected chi connectivity index (χ2v) is 11.4. The van der Waals surface area contributed by atoms with E-state index in [-0.39, 0.29) is 5.69 Å². The molecule has 0 radical (unpaired) electrons. The Morgan fingerprint density at radius 3 is 2.53 bits per heavy atom. The van der Waals surface area contributed by atoms with E-state index >= 15 is 0 Å². The number of ether oxygens (including phenoxy) is 2. The maximum Gasteiger partial charge on any atom is 0.303 e. The second kappa shape index (κ2) is 10.2. The van der Waals surface area contributed by atoms with Crippen molar-refractivity contribution in [3.63, 3.8) is 0 Å². The fourth-order valence-corrected chi connectivity index (χ4v) is 4.96. The molecule has 1 saturated heterocycles. The Morgan fingerprint density at radius 2 is 1.89 bits per heavy atom. The number of rotatable bonds is 8. The average Bonchev–Trinajstić information content (AvgIpc) is 3.21. The minimum absolute atomic E-state index is 0.0489. The molecule has 1 aliphatic carbocycles. The number of para-hydroxylation sites is 1. The van der Waals surface area contributed by atoms with Crippen molar-refractivity contribution in [2.75, 3.05) is 33.9 Å². The molecule has 3 heterocycles. The first-order valence-corrected chi connectivity index (χ1v) is 13.7. The number of hydrogen-bond acceptors (Lipinski definition) is 7. The van der Waals surface area contributed by atoms with Gasteiger partial charge < -0.3 is 9.47 Å². The quantitative estimate of drug-likeness (QED) is 0.492. The van der Waals surface area contributed by atoms with Gasteiger partial charge in [0.25, 0.3) is 5.91 Å². The molecule has 0 atom stereocenters. The number of hydrogen-bond donors (Lipinski definition) is 1. The van der Waals surface area contributed by atoms with Gasteiger partial charge in [-0.2, -0.15) is 17.8 Å². The zero-order valence-corrected chi connectivity index (χ0v) is 21.3. The SMILES string of the molecule is CN(C)S(=O)(=O)NC(=O)c1cc(OCC2CCOCC2)c2c(C3CCC3)nn(-c3ccccc3)c2n1. The number of benzene rings is 1. The Bertz CT molecular complexity index is 1350. The van der Waals surface area contributed by atoms with Crippen LogP contribution in [0.3, 0.4) is 0 Å². The summed E-state index contributed by atoms with van der Waals surface area (Å²) in [6.07, 6.45) is 5.01. The Labute approximate surface area is 210 Å². The summed E-state index contributed by atoms with van der Waals surface area (Å²) in [5.74, 6) is 0.304. The molecule has 1 saturated carbocycles. The zero-order valence-electron chi connectivity index (χ0n) is 20.5. The molecule has 0 bridgehead atoms. The van der Waals surface area contributed by atoms with Crippen molar-refractivity contribution in [1.29, 1.82) is 0 Å². The lowest BCUT2D eigenvalue weighted by Crippen LogP contribution is -2.39. The summed E-state index contributed by atoms with van der Waals surface area (Å²) in [6.45, 7) is 1.88. The second-order valence-electron chi connectivity index (χ2n) is 9.55. The van der Waals surface area contributed by atoms with Crippen LogP contribution in [0.5, 0.6) is 5.75 Å². The molecule has 2 fully saturated rings. The number of fused-ring (bicyclic) bond motifs is 1. The largest absolute Gasteiger partial charge is 0.492 e. The molecule has 11 heteroatoms. The first-order valence-electron chi connectivity index (χ1n) is 12.3. The molecule has 10 nitrogen and oxygen atoms in total. The van der Waals surface area contributed by atoms with Gasteiger partial charge in [0.05, 0.1) is 23.4 Å². The van der Waals surface area contributed by atoms with Crippen molar-refractivity contribution in [2.24, 2.45) is 5.92 Å². The van der Waals surface area contributed by atoms with Crippen molar-refractivity contribution in [3.05, 3.63) is 47.8 Å². The summed E-state index contributed by atoms with van der Waals surface area (Å²) >= 11 is 0. The molecule has 1 aliphatic heterocycles. The highest BCUT2D eigenvalue weighted by molar-refractivity contribution is 7.87. The van der Waals surface area contributed by atoms with Crippen LogP contribution in [0.4, 0.5) is 0 Å².